The first-order chi connectivity index (χ1) is 7.17. The lowest BCUT2D eigenvalue weighted by Crippen LogP contribution is -2.18. The predicted molar refractivity (Wildman–Crippen MR) is 52.1 cm³/mol. The molecule has 0 aliphatic rings. The van der Waals surface area contributed by atoms with Gasteiger partial charge in [-0.25, -0.2) is 0 Å². The van der Waals surface area contributed by atoms with Crippen molar-refractivity contribution in [1.82, 2.24) is 4.98 Å². The number of carbonyl (C=O) groups is 1. The lowest BCUT2D eigenvalue weighted by Gasteiger charge is -2.00. The Balaban J connectivity index is 2.84. The first kappa shape index (κ1) is 11.0. The number of nitriles is 1. The number of hydrogen-bond donors (Lipinski definition) is 1. The highest BCUT2D eigenvalue weighted by Gasteiger charge is 2.07. The summed E-state index contributed by atoms with van der Waals surface area (Å²) in [6, 6.07) is 4.71. The van der Waals surface area contributed by atoms with E-state index in [9.17, 15) is 9.59 Å². The van der Waals surface area contributed by atoms with Gasteiger partial charge in [-0.2, -0.15) is 5.26 Å². The van der Waals surface area contributed by atoms with Gasteiger partial charge in [0, 0.05) is 5.56 Å². The van der Waals surface area contributed by atoms with E-state index < -0.39 is 11.5 Å². The van der Waals surface area contributed by atoms with Crippen LogP contribution in [0.3, 0.4) is 0 Å². The van der Waals surface area contributed by atoms with E-state index in [2.05, 4.69) is 4.98 Å². The summed E-state index contributed by atoms with van der Waals surface area (Å²) in [6.45, 7) is 1.98. The van der Waals surface area contributed by atoms with Crippen LogP contribution in [0.5, 0.6) is 0 Å². The summed E-state index contributed by atoms with van der Waals surface area (Å²) in [6.07, 6.45) is -0.0745. The van der Waals surface area contributed by atoms with Gasteiger partial charge in [0.2, 0.25) is 0 Å². The van der Waals surface area contributed by atoms with E-state index in [-0.39, 0.29) is 18.7 Å². The number of carbonyl (C=O) groups excluding carboxylic acids is 1. The van der Waals surface area contributed by atoms with E-state index in [1.54, 1.807) is 13.0 Å². The zero-order chi connectivity index (χ0) is 11.3. The molecule has 1 N–H and O–H groups in total. The average Bonchev–Trinajstić information content (AvgIpc) is 2.21. The fraction of sp³-hybridized carbons (Fsp3) is 0.300. The van der Waals surface area contributed by atoms with Crippen LogP contribution in [0.25, 0.3) is 0 Å². The number of aromatic nitrogens is 1. The highest BCUT2D eigenvalue weighted by Crippen LogP contribution is 1.96. The van der Waals surface area contributed by atoms with Gasteiger partial charge in [0.25, 0.3) is 5.56 Å². The number of nitrogens with one attached hydrogen (secondary N) is 1. The predicted octanol–water partition coefficient (Wildman–Crippen LogP) is 0.352. The molecular formula is C10H10N2O3. The second-order valence-electron chi connectivity index (χ2n) is 2.82. The third-order valence-electron chi connectivity index (χ3n) is 1.75. The number of aromatic amines is 1. The van der Waals surface area contributed by atoms with Crippen LogP contribution >= 0.6 is 0 Å². The van der Waals surface area contributed by atoms with Gasteiger partial charge in [0.1, 0.15) is 11.8 Å². The minimum absolute atomic E-state index is 0.0745. The van der Waals surface area contributed by atoms with Crippen molar-refractivity contribution in [2.45, 2.75) is 13.3 Å². The highest BCUT2D eigenvalue weighted by atomic mass is 16.5. The Bertz CT molecular complexity index is 456. The number of pyridine rings is 1. The zero-order valence-electron chi connectivity index (χ0n) is 8.24. The standard InChI is InChI=1S/C10H10N2O3/c1-2-15-9(13)5-7-3-4-8(6-11)12-10(7)14/h3-4H,2,5H2,1H3,(H,12,14). The summed E-state index contributed by atoms with van der Waals surface area (Å²) in [7, 11) is 0. The Morgan fingerprint density at radius 1 is 1.60 bits per heavy atom. The quantitative estimate of drug-likeness (QED) is 0.723. The maximum absolute atomic E-state index is 11.3. The molecule has 0 fully saturated rings. The summed E-state index contributed by atoms with van der Waals surface area (Å²) >= 11 is 0. The van der Waals surface area contributed by atoms with Crippen LogP contribution in [0.15, 0.2) is 16.9 Å². The van der Waals surface area contributed by atoms with Crippen LogP contribution in [0, 0.1) is 11.3 Å². The Kier molecular flexibility index (Phi) is 3.63. The molecule has 0 unspecified atom stereocenters. The van der Waals surface area contributed by atoms with Crippen molar-refractivity contribution in [2.24, 2.45) is 0 Å². The Morgan fingerprint density at radius 2 is 2.33 bits per heavy atom. The molecule has 0 saturated heterocycles. The van der Waals surface area contributed by atoms with Crippen LogP contribution < -0.4 is 5.56 Å². The van der Waals surface area contributed by atoms with E-state index in [0.717, 1.165) is 0 Å². The van der Waals surface area contributed by atoms with Gasteiger partial charge in [-0.15, -0.1) is 0 Å². The Labute approximate surface area is 86.3 Å². The van der Waals surface area contributed by atoms with Crippen LogP contribution in [-0.4, -0.2) is 17.6 Å². The molecule has 0 spiro atoms. The zero-order valence-corrected chi connectivity index (χ0v) is 8.24. The third-order valence-corrected chi connectivity index (χ3v) is 1.75. The number of nitrogens with zero attached hydrogens (tertiary/aromatic N) is 1. The molecule has 1 aromatic rings. The molecule has 15 heavy (non-hydrogen) atoms. The van der Waals surface area contributed by atoms with Gasteiger partial charge in [-0.05, 0) is 13.0 Å². The average molecular weight is 206 g/mol. The van der Waals surface area contributed by atoms with Gasteiger partial charge in [0.05, 0.1) is 13.0 Å². The summed E-state index contributed by atoms with van der Waals surface area (Å²) in [5.74, 6) is -0.451. The maximum Gasteiger partial charge on any atom is 0.310 e. The van der Waals surface area contributed by atoms with E-state index in [1.807, 2.05) is 0 Å². The van der Waals surface area contributed by atoms with Crippen molar-refractivity contribution in [3.63, 3.8) is 0 Å². The van der Waals surface area contributed by atoms with Crippen molar-refractivity contribution < 1.29 is 9.53 Å². The number of hydrogen-bond acceptors (Lipinski definition) is 4. The summed E-state index contributed by atoms with van der Waals surface area (Å²) in [5, 5.41) is 8.51. The molecule has 0 bridgehead atoms. The van der Waals surface area contributed by atoms with Crippen molar-refractivity contribution in [3.05, 3.63) is 33.7 Å². The van der Waals surface area contributed by atoms with Crippen molar-refractivity contribution >= 4 is 5.97 Å². The van der Waals surface area contributed by atoms with Crippen LogP contribution in [-0.2, 0) is 16.0 Å². The number of H-pyrrole nitrogens is 1. The van der Waals surface area contributed by atoms with Gasteiger partial charge < -0.3 is 9.72 Å². The molecule has 78 valence electrons. The number of esters is 1. The number of rotatable bonds is 3. The molecular weight excluding hydrogens is 196 g/mol. The Hall–Kier alpha value is -2.09. The summed E-state index contributed by atoms with van der Waals surface area (Å²) < 4.78 is 4.70. The van der Waals surface area contributed by atoms with Crippen molar-refractivity contribution in [2.75, 3.05) is 6.61 Å². The summed E-state index contributed by atoms with van der Waals surface area (Å²) in [4.78, 5) is 24.8. The van der Waals surface area contributed by atoms with Gasteiger partial charge >= 0.3 is 5.97 Å². The minimum atomic E-state index is -0.451. The molecule has 0 saturated carbocycles. The van der Waals surface area contributed by atoms with E-state index >= 15 is 0 Å². The molecule has 1 heterocycles. The monoisotopic (exact) mass is 206 g/mol. The molecule has 0 aliphatic heterocycles. The summed E-state index contributed by atoms with van der Waals surface area (Å²) in [5.41, 5.74) is 0.0437. The fourth-order valence-corrected chi connectivity index (χ4v) is 1.08. The minimum Gasteiger partial charge on any atom is -0.466 e. The molecule has 0 atom stereocenters. The number of ether oxygens (including phenoxy) is 1. The molecule has 1 rings (SSSR count). The molecule has 0 amide bonds. The first-order valence-electron chi connectivity index (χ1n) is 4.45. The molecule has 1 aromatic heterocycles. The van der Waals surface area contributed by atoms with Crippen molar-refractivity contribution in [1.29, 1.82) is 5.26 Å². The van der Waals surface area contributed by atoms with Crippen LogP contribution in [0.4, 0.5) is 0 Å². The molecule has 0 aliphatic carbocycles. The van der Waals surface area contributed by atoms with Crippen molar-refractivity contribution in [3.8, 4) is 6.07 Å². The second-order valence-corrected chi connectivity index (χ2v) is 2.82. The molecule has 0 aromatic carbocycles. The molecule has 5 heteroatoms. The lowest BCUT2D eigenvalue weighted by atomic mass is 10.2. The largest absolute Gasteiger partial charge is 0.466 e. The van der Waals surface area contributed by atoms with E-state index in [4.69, 9.17) is 10.00 Å². The van der Waals surface area contributed by atoms with Crippen LogP contribution in [0.1, 0.15) is 18.2 Å². The van der Waals surface area contributed by atoms with E-state index in [1.165, 1.54) is 12.1 Å². The topological polar surface area (TPSA) is 82.9 Å². The van der Waals surface area contributed by atoms with Gasteiger partial charge in [0.15, 0.2) is 0 Å². The third kappa shape index (κ3) is 2.95. The normalized spacial score (nSPS) is 9.33. The molecule has 0 radical (unpaired) electrons. The SMILES string of the molecule is CCOC(=O)Cc1ccc(C#N)[nH]c1=O. The second kappa shape index (κ2) is 4.96. The van der Waals surface area contributed by atoms with E-state index in [0.29, 0.717) is 5.56 Å². The van der Waals surface area contributed by atoms with Crippen LogP contribution in [0.2, 0.25) is 0 Å². The van der Waals surface area contributed by atoms with Gasteiger partial charge in [-0.3, -0.25) is 9.59 Å². The first-order valence-corrected chi connectivity index (χ1v) is 4.45. The smallest absolute Gasteiger partial charge is 0.310 e. The lowest BCUT2D eigenvalue weighted by molar-refractivity contribution is -0.142. The Morgan fingerprint density at radius 3 is 2.87 bits per heavy atom. The maximum atomic E-state index is 11.3. The molecule has 5 nitrogen and oxygen atoms in total. The fourth-order valence-electron chi connectivity index (χ4n) is 1.08. The highest BCUT2D eigenvalue weighted by molar-refractivity contribution is 5.72. The van der Waals surface area contributed by atoms with Gasteiger partial charge in [-0.1, -0.05) is 6.07 Å².